The first-order valence-electron chi connectivity index (χ1n) is 5.84. The number of nitrogens with zero attached hydrogens (tertiary/aromatic N) is 2. The van der Waals surface area contributed by atoms with Gasteiger partial charge in [0, 0.05) is 5.92 Å². The highest BCUT2D eigenvalue weighted by molar-refractivity contribution is 5.81. The Morgan fingerprint density at radius 2 is 1.75 bits per heavy atom. The van der Waals surface area contributed by atoms with Gasteiger partial charge in [-0.1, -0.05) is 32.1 Å². The molecule has 1 aliphatic carbocycles. The van der Waals surface area contributed by atoms with E-state index in [-0.39, 0.29) is 11.8 Å². The van der Waals surface area contributed by atoms with Crippen molar-refractivity contribution < 1.29 is 14.3 Å². The van der Waals surface area contributed by atoms with Gasteiger partial charge in [0.1, 0.15) is 0 Å². The molecule has 0 bridgehead atoms. The van der Waals surface area contributed by atoms with Crippen LogP contribution in [0.4, 0.5) is 0 Å². The van der Waals surface area contributed by atoms with Crippen LogP contribution in [0.1, 0.15) is 67.4 Å². The van der Waals surface area contributed by atoms with E-state index < -0.39 is 5.97 Å². The lowest BCUT2D eigenvalue weighted by Gasteiger charge is -2.15. The van der Waals surface area contributed by atoms with Crippen molar-refractivity contribution in [2.24, 2.45) is 0 Å². The number of hydrogen-bond acceptors (Lipinski definition) is 4. The molecule has 0 spiro atoms. The molecule has 1 heterocycles. The molecule has 0 radical (unpaired) electrons. The molecule has 0 amide bonds. The lowest BCUT2D eigenvalue weighted by atomic mass is 9.91. The maximum Gasteiger partial charge on any atom is 0.393 e. The number of aromatic nitrogens is 2. The van der Waals surface area contributed by atoms with Crippen LogP contribution in [0.5, 0.6) is 0 Å². The normalized spacial score (nSPS) is 19.0. The first-order chi connectivity index (χ1) is 7.77. The highest BCUT2D eigenvalue weighted by Crippen LogP contribution is 2.29. The minimum atomic E-state index is -1.15. The van der Waals surface area contributed by atoms with Crippen molar-refractivity contribution in [3.8, 4) is 0 Å². The average molecular weight is 224 g/mol. The van der Waals surface area contributed by atoms with E-state index in [0.717, 1.165) is 25.7 Å². The van der Waals surface area contributed by atoms with Gasteiger partial charge in [-0.25, -0.2) is 4.79 Å². The van der Waals surface area contributed by atoms with Gasteiger partial charge < -0.3 is 9.52 Å². The van der Waals surface area contributed by atoms with Crippen LogP contribution in [0, 0.1) is 0 Å². The van der Waals surface area contributed by atoms with Gasteiger partial charge in [0.25, 0.3) is 0 Å². The Bertz CT molecular complexity index is 354. The molecule has 1 N–H and O–H groups in total. The fourth-order valence-electron chi connectivity index (χ4n) is 2.19. The SMILES string of the molecule is O=C(O)c1nnc(C2CCCCCCC2)o1. The molecular weight excluding hydrogens is 208 g/mol. The van der Waals surface area contributed by atoms with E-state index in [1.165, 1.54) is 19.3 Å². The Hall–Kier alpha value is -1.39. The quantitative estimate of drug-likeness (QED) is 0.835. The van der Waals surface area contributed by atoms with Crippen molar-refractivity contribution in [1.29, 1.82) is 0 Å². The summed E-state index contributed by atoms with van der Waals surface area (Å²) in [5.74, 6) is -0.693. The first-order valence-corrected chi connectivity index (χ1v) is 5.84. The van der Waals surface area contributed by atoms with Crippen molar-refractivity contribution in [2.45, 2.75) is 50.9 Å². The summed E-state index contributed by atoms with van der Waals surface area (Å²) in [6.07, 6.45) is 8.18. The summed E-state index contributed by atoms with van der Waals surface area (Å²) >= 11 is 0. The molecule has 0 atom stereocenters. The fraction of sp³-hybridized carbons (Fsp3) is 0.727. The second-order valence-corrected chi connectivity index (χ2v) is 4.29. The van der Waals surface area contributed by atoms with Crippen molar-refractivity contribution in [3.63, 3.8) is 0 Å². The summed E-state index contributed by atoms with van der Waals surface area (Å²) in [6.45, 7) is 0. The van der Waals surface area contributed by atoms with Crippen LogP contribution in [0.2, 0.25) is 0 Å². The topological polar surface area (TPSA) is 76.2 Å². The molecule has 1 aromatic heterocycles. The van der Waals surface area contributed by atoms with Gasteiger partial charge in [-0.3, -0.25) is 0 Å². The molecule has 1 fully saturated rings. The number of carboxylic acid groups (broad SMARTS) is 1. The molecule has 16 heavy (non-hydrogen) atoms. The monoisotopic (exact) mass is 224 g/mol. The molecule has 0 aliphatic heterocycles. The molecule has 0 unspecified atom stereocenters. The number of carboxylic acids is 1. The zero-order valence-electron chi connectivity index (χ0n) is 9.19. The molecular formula is C11H16N2O3. The van der Waals surface area contributed by atoms with Crippen LogP contribution in [0.15, 0.2) is 4.42 Å². The second kappa shape index (κ2) is 5.09. The van der Waals surface area contributed by atoms with E-state index in [2.05, 4.69) is 10.2 Å². The summed E-state index contributed by atoms with van der Waals surface area (Å²) in [4.78, 5) is 10.6. The third-order valence-electron chi connectivity index (χ3n) is 3.08. The number of hydrogen-bond donors (Lipinski definition) is 1. The summed E-state index contributed by atoms with van der Waals surface area (Å²) in [7, 11) is 0. The number of rotatable bonds is 2. The van der Waals surface area contributed by atoms with E-state index in [1.54, 1.807) is 0 Å². The molecule has 5 nitrogen and oxygen atoms in total. The van der Waals surface area contributed by atoms with Crippen LogP contribution in [0.25, 0.3) is 0 Å². The van der Waals surface area contributed by atoms with Gasteiger partial charge >= 0.3 is 11.9 Å². The van der Waals surface area contributed by atoms with Gasteiger partial charge in [0.05, 0.1) is 0 Å². The highest BCUT2D eigenvalue weighted by Gasteiger charge is 2.21. The van der Waals surface area contributed by atoms with Crippen molar-refractivity contribution in [3.05, 3.63) is 11.8 Å². The standard InChI is InChI=1S/C11H16N2O3/c14-11(15)10-13-12-9(16-10)8-6-4-2-1-3-5-7-8/h8H,1-7H2,(H,14,15). The van der Waals surface area contributed by atoms with E-state index in [0.29, 0.717) is 5.89 Å². The predicted molar refractivity (Wildman–Crippen MR) is 56.3 cm³/mol. The van der Waals surface area contributed by atoms with Gasteiger partial charge in [0.2, 0.25) is 5.89 Å². The molecule has 0 saturated heterocycles. The summed E-state index contributed by atoms with van der Waals surface area (Å²) in [5.41, 5.74) is 0. The maximum absolute atomic E-state index is 10.6. The van der Waals surface area contributed by atoms with Crippen molar-refractivity contribution in [2.75, 3.05) is 0 Å². The molecule has 0 aromatic carbocycles. The summed E-state index contributed by atoms with van der Waals surface area (Å²) in [6, 6.07) is 0. The smallest absolute Gasteiger partial charge is 0.393 e. The molecule has 1 saturated carbocycles. The fourth-order valence-corrected chi connectivity index (χ4v) is 2.19. The maximum atomic E-state index is 10.6. The van der Waals surface area contributed by atoms with Crippen LogP contribution >= 0.6 is 0 Å². The van der Waals surface area contributed by atoms with E-state index in [9.17, 15) is 4.79 Å². The Morgan fingerprint density at radius 3 is 2.31 bits per heavy atom. The minimum Gasteiger partial charge on any atom is -0.474 e. The molecule has 1 aromatic rings. The first kappa shape index (κ1) is 11.1. The van der Waals surface area contributed by atoms with E-state index >= 15 is 0 Å². The predicted octanol–water partition coefficient (Wildman–Crippen LogP) is 2.60. The second-order valence-electron chi connectivity index (χ2n) is 4.29. The van der Waals surface area contributed by atoms with E-state index in [4.69, 9.17) is 9.52 Å². The Morgan fingerprint density at radius 1 is 1.12 bits per heavy atom. The zero-order valence-corrected chi connectivity index (χ0v) is 9.19. The van der Waals surface area contributed by atoms with Crippen LogP contribution in [-0.2, 0) is 0 Å². The van der Waals surface area contributed by atoms with Crippen LogP contribution in [0.3, 0.4) is 0 Å². The molecule has 2 rings (SSSR count). The van der Waals surface area contributed by atoms with Gasteiger partial charge in [-0.15, -0.1) is 10.2 Å². The zero-order chi connectivity index (χ0) is 11.4. The van der Waals surface area contributed by atoms with E-state index in [1.807, 2.05) is 0 Å². The van der Waals surface area contributed by atoms with Gasteiger partial charge in [-0.05, 0) is 12.8 Å². The molecule has 1 aliphatic rings. The van der Waals surface area contributed by atoms with Gasteiger partial charge in [0.15, 0.2) is 0 Å². The highest BCUT2D eigenvalue weighted by atomic mass is 16.4. The number of aromatic carboxylic acids is 1. The number of carbonyl (C=O) groups is 1. The third-order valence-corrected chi connectivity index (χ3v) is 3.08. The minimum absolute atomic E-state index is 0.251. The molecule has 5 heteroatoms. The third kappa shape index (κ3) is 2.59. The molecule has 88 valence electrons. The Labute approximate surface area is 93.9 Å². The Balaban J connectivity index is 2.05. The van der Waals surface area contributed by atoms with Crippen LogP contribution in [-0.4, -0.2) is 21.3 Å². The van der Waals surface area contributed by atoms with Crippen LogP contribution < -0.4 is 0 Å². The lowest BCUT2D eigenvalue weighted by Crippen LogP contribution is -2.02. The average Bonchev–Trinajstić information content (AvgIpc) is 2.66. The lowest BCUT2D eigenvalue weighted by molar-refractivity contribution is 0.0650. The largest absolute Gasteiger partial charge is 0.474 e. The van der Waals surface area contributed by atoms with Crippen molar-refractivity contribution in [1.82, 2.24) is 10.2 Å². The van der Waals surface area contributed by atoms with Crippen molar-refractivity contribution >= 4 is 5.97 Å². The summed E-state index contributed by atoms with van der Waals surface area (Å²) < 4.78 is 5.16. The summed E-state index contributed by atoms with van der Waals surface area (Å²) in [5, 5.41) is 16.1. The Kier molecular flexibility index (Phi) is 3.54. The van der Waals surface area contributed by atoms with Gasteiger partial charge in [-0.2, -0.15) is 0 Å².